The first-order valence-corrected chi connectivity index (χ1v) is 9.44. The van der Waals surface area contributed by atoms with Crippen LogP contribution in [0.2, 0.25) is 0 Å². The highest BCUT2D eigenvalue weighted by Crippen LogP contribution is 2.25. The van der Waals surface area contributed by atoms with Crippen molar-refractivity contribution in [3.63, 3.8) is 0 Å². The molecule has 0 aromatic heterocycles. The van der Waals surface area contributed by atoms with E-state index in [4.69, 9.17) is 5.73 Å². The molecule has 1 atom stereocenters. The molecule has 1 aliphatic rings. The van der Waals surface area contributed by atoms with Crippen molar-refractivity contribution in [2.45, 2.75) is 20.3 Å². The Morgan fingerprint density at radius 3 is 2.50 bits per heavy atom. The molecule has 1 unspecified atom stereocenters. The molecule has 26 heavy (non-hydrogen) atoms. The van der Waals surface area contributed by atoms with E-state index >= 15 is 0 Å². The Morgan fingerprint density at radius 2 is 1.85 bits per heavy atom. The quantitative estimate of drug-likeness (QED) is 0.336. The Kier molecular flexibility index (Phi) is 7.76. The third-order valence-electron chi connectivity index (χ3n) is 4.49. The van der Waals surface area contributed by atoms with Crippen LogP contribution in [-0.4, -0.2) is 25.6 Å². The van der Waals surface area contributed by atoms with Crippen molar-refractivity contribution < 1.29 is 0 Å². The van der Waals surface area contributed by atoms with Gasteiger partial charge < -0.3 is 16.0 Å². The fourth-order valence-electron chi connectivity index (χ4n) is 3.33. The minimum absolute atomic E-state index is 0. The Bertz CT molecular complexity index is 741. The molecule has 0 aliphatic carbocycles. The van der Waals surface area contributed by atoms with Crippen LogP contribution in [0.4, 0.5) is 11.4 Å². The topological polar surface area (TPSA) is 53.6 Å². The molecule has 2 aromatic rings. The lowest BCUT2D eigenvalue weighted by molar-refractivity contribution is 0.603. The van der Waals surface area contributed by atoms with Gasteiger partial charge in [-0.1, -0.05) is 22.0 Å². The van der Waals surface area contributed by atoms with Gasteiger partial charge in [-0.3, -0.25) is 4.99 Å². The van der Waals surface area contributed by atoms with Crippen molar-refractivity contribution in [3.8, 4) is 0 Å². The maximum absolute atomic E-state index is 6.07. The fourth-order valence-corrected chi connectivity index (χ4v) is 3.59. The van der Waals surface area contributed by atoms with E-state index in [1.807, 2.05) is 0 Å². The second-order valence-electron chi connectivity index (χ2n) is 6.80. The average Bonchev–Trinajstić information content (AvgIpc) is 3.01. The van der Waals surface area contributed by atoms with Crippen molar-refractivity contribution in [2.75, 3.05) is 29.9 Å². The summed E-state index contributed by atoms with van der Waals surface area (Å²) in [5.41, 5.74) is 10.8. The zero-order valence-electron chi connectivity index (χ0n) is 15.2. The van der Waals surface area contributed by atoms with Gasteiger partial charge in [-0.15, -0.1) is 24.0 Å². The van der Waals surface area contributed by atoms with Gasteiger partial charge in [0.2, 0.25) is 0 Å². The van der Waals surface area contributed by atoms with E-state index in [0.717, 1.165) is 36.2 Å². The van der Waals surface area contributed by atoms with Crippen LogP contribution in [0.15, 0.2) is 51.9 Å². The van der Waals surface area contributed by atoms with E-state index in [1.165, 1.54) is 16.8 Å². The van der Waals surface area contributed by atoms with Crippen molar-refractivity contribution in [2.24, 2.45) is 16.6 Å². The molecule has 2 aromatic carbocycles. The number of hydrogen-bond acceptors (Lipinski definition) is 2. The normalized spacial score (nSPS) is 17.1. The SMILES string of the molecule is Cc1cc(C)cc(NC(N)=NCC2CCN(c3ccc(Br)cc3)C2)c1.I. The largest absolute Gasteiger partial charge is 0.371 e. The van der Waals surface area contributed by atoms with Crippen LogP contribution in [0.5, 0.6) is 0 Å². The monoisotopic (exact) mass is 528 g/mol. The molecule has 0 saturated carbocycles. The minimum atomic E-state index is 0. The summed E-state index contributed by atoms with van der Waals surface area (Å²) in [5, 5.41) is 3.21. The predicted octanol–water partition coefficient (Wildman–Crippen LogP) is 4.94. The lowest BCUT2D eigenvalue weighted by atomic mass is 10.1. The first kappa shape index (κ1) is 21.0. The molecular formula is C20H26BrIN4. The number of halogens is 2. The highest BCUT2D eigenvalue weighted by atomic mass is 127. The van der Waals surface area contributed by atoms with Crippen molar-refractivity contribution in [1.82, 2.24) is 0 Å². The Balaban J connectivity index is 0.00000243. The molecule has 6 heteroatoms. The standard InChI is InChI=1S/C20H25BrN4.HI/c1-14-9-15(2)11-18(10-14)24-20(22)23-12-16-7-8-25(13-16)19-5-3-17(21)4-6-19;/h3-6,9-11,16H,7-8,12-13H2,1-2H3,(H3,22,23,24);1H. The minimum Gasteiger partial charge on any atom is -0.371 e. The summed E-state index contributed by atoms with van der Waals surface area (Å²) < 4.78 is 1.11. The molecule has 1 fully saturated rings. The van der Waals surface area contributed by atoms with Gasteiger partial charge in [0, 0.05) is 35.5 Å². The van der Waals surface area contributed by atoms with Gasteiger partial charge >= 0.3 is 0 Å². The van der Waals surface area contributed by atoms with E-state index in [1.54, 1.807) is 0 Å². The molecular weight excluding hydrogens is 503 g/mol. The van der Waals surface area contributed by atoms with E-state index in [2.05, 4.69) is 87.5 Å². The summed E-state index contributed by atoms with van der Waals surface area (Å²) in [4.78, 5) is 6.97. The number of hydrogen-bond donors (Lipinski definition) is 2. The van der Waals surface area contributed by atoms with Gasteiger partial charge in [0.1, 0.15) is 0 Å². The summed E-state index contributed by atoms with van der Waals surface area (Å²) in [6.07, 6.45) is 1.15. The third-order valence-corrected chi connectivity index (χ3v) is 5.02. The molecule has 140 valence electrons. The van der Waals surface area contributed by atoms with E-state index in [0.29, 0.717) is 11.9 Å². The highest BCUT2D eigenvalue weighted by molar-refractivity contribution is 14.0. The molecule has 0 bridgehead atoms. The molecule has 4 nitrogen and oxygen atoms in total. The lowest BCUT2D eigenvalue weighted by Gasteiger charge is -2.18. The molecule has 0 radical (unpaired) electrons. The van der Waals surface area contributed by atoms with Crippen LogP contribution in [0, 0.1) is 19.8 Å². The fraction of sp³-hybridized carbons (Fsp3) is 0.350. The molecule has 1 heterocycles. The Labute approximate surface area is 181 Å². The first-order chi connectivity index (χ1) is 12.0. The number of nitrogens with two attached hydrogens (primary N) is 1. The van der Waals surface area contributed by atoms with Crippen LogP contribution >= 0.6 is 39.9 Å². The van der Waals surface area contributed by atoms with E-state index in [9.17, 15) is 0 Å². The first-order valence-electron chi connectivity index (χ1n) is 8.65. The number of aliphatic imine (C=N–C) groups is 1. The number of anilines is 2. The second kappa shape index (κ2) is 9.60. The molecule has 1 saturated heterocycles. The lowest BCUT2D eigenvalue weighted by Crippen LogP contribution is -2.25. The summed E-state index contributed by atoms with van der Waals surface area (Å²) in [5.74, 6) is 1.04. The molecule has 3 rings (SSSR count). The Hall–Kier alpha value is -1.28. The Morgan fingerprint density at radius 1 is 1.19 bits per heavy atom. The maximum atomic E-state index is 6.07. The number of guanidine groups is 1. The average molecular weight is 529 g/mol. The number of nitrogens with zero attached hydrogens (tertiary/aromatic N) is 2. The predicted molar refractivity (Wildman–Crippen MR) is 126 cm³/mol. The van der Waals surface area contributed by atoms with Gasteiger partial charge in [0.05, 0.1) is 0 Å². The van der Waals surface area contributed by atoms with Gasteiger partial charge in [-0.2, -0.15) is 0 Å². The van der Waals surface area contributed by atoms with Gasteiger partial charge in [-0.05, 0) is 73.7 Å². The smallest absolute Gasteiger partial charge is 0.193 e. The summed E-state index contributed by atoms with van der Waals surface area (Å²) in [7, 11) is 0. The molecule has 0 amide bonds. The van der Waals surface area contributed by atoms with Crippen LogP contribution in [0.1, 0.15) is 17.5 Å². The zero-order valence-corrected chi connectivity index (χ0v) is 19.1. The number of nitrogens with one attached hydrogen (secondary N) is 1. The molecule has 0 spiro atoms. The third kappa shape index (κ3) is 5.87. The summed E-state index contributed by atoms with van der Waals surface area (Å²) in [6, 6.07) is 14.8. The number of rotatable bonds is 4. The van der Waals surface area contributed by atoms with Gasteiger partial charge in [-0.25, -0.2) is 0 Å². The van der Waals surface area contributed by atoms with Crippen LogP contribution < -0.4 is 16.0 Å². The number of benzene rings is 2. The number of aryl methyl sites for hydroxylation is 2. The maximum Gasteiger partial charge on any atom is 0.193 e. The van der Waals surface area contributed by atoms with Crippen LogP contribution in [0.25, 0.3) is 0 Å². The van der Waals surface area contributed by atoms with Gasteiger partial charge in [0.25, 0.3) is 0 Å². The van der Waals surface area contributed by atoms with Crippen molar-refractivity contribution in [1.29, 1.82) is 0 Å². The van der Waals surface area contributed by atoms with Crippen molar-refractivity contribution >= 4 is 57.2 Å². The van der Waals surface area contributed by atoms with E-state index < -0.39 is 0 Å². The van der Waals surface area contributed by atoms with Crippen molar-refractivity contribution in [3.05, 3.63) is 58.1 Å². The highest BCUT2D eigenvalue weighted by Gasteiger charge is 2.22. The zero-order chi connectivity index (χ0) is 17.8. The summed E-state index contributed by atoms with van der Waals surface area (Å²) >= 11 is 3.49. The van der Waals surface area contributed by atoms with E-state index in [-0.39, 0.29) is 24.0 Å². The van der Waals surface area contributed by atoms with Gasteiger partial charge in [0.15, 0.2) is 5.96 Å². The summed E-state index contributed by atoms with van der Waals surface area (Å²) in [6.45, 7) is 7.03. The van der Waals surface area contributed by atoms with Crippen LogP contribution in [-0.2, 0) is 0 Å². The molecule has 3 N–H and O–H groups in total. The van der Waals surface area contributed by atoms with Crippen LogP contribution in [0.3, 0.4) is 0 Å². The second-order valence-corrected chi connectivity index (χ2v) is 7.72. The molecule has 1 aliphatic heterocycles.